The van der Waals surface area contributed by atoms with Crippen molar-refractivity contribution in [3.05, 3.63) is 72.1 Å². The van der Waals surface area contributed by atoms with Gasteiger partial charge in [-0.05, 0) is 43.0 Å². The van der Waals surface area contributed by atoms with Gasteiger partial charge in [-0.1, -0.05) is 36.4 Å². The van der Waals surface area contributed by atoms with Gasteiger partial charge in [-0.3, -0.25) is 19.2 Å². The average molecular weight is 620 g/mol. The maximum absolute atomic E-state index is 13.7. The lowest BCUT2D eigenvalue weighted by Crippen LogP contribution is -2.58. The largest absolute Gasteiger partial charge is 0.480 e. The van der Waals surface area contributed by atoms with Gasteiger partial charge in [-0.25, -0.2) is 4.79 Å². The number of benzene rings is 2. The zero-order valence-corrected chi connectivity index (χ0v) is 24.6. The lowest BCUT2D eigenvalue weighted by molar-refractivity contribution is -0.145. The van der Waals surface area contributed by atoms with E-state index in [2.05, 4.69) is 25.9 Å². The molecule has 0 aliphatic heterocycles. The number of hydrogen-bond donors (Lipinski definition) is 9. The maximum atomic E-state index is 13.7. The molecule has 4 rings (SSSR count). The number of aliphatic carboxylic acids is 1. The van der Waals surface area contributed by atoms with Gasteiger partial charge in [-0.15, -0.1) is 0 Å². The van der Waals surface area contributed by atoms with Crippen LogP contribution in [-0.2, 0) is 36.8 Å². The minimum atomic E-state index is -1.67. The van der Waals surface area contributed by atoms with Crippen LogP contribution >= 0.6 is 0 Å². The fourth-order valence-corrected chi connectivity index (χ4v) is 5.11. The Kier molecular flexibility index (Phi) is 10.5. The van der Waals surface area contributed by atoms with E-state index in [0.717, 1.165) is 27.4 Å². The second-order valence-electron chi connectivity index (χ2n) is 10.9. The van der Waals surface area contributed by atoms with Crippen LogP contribution in [0.2, 0.25) is 0 Å². The van der Waals surface area contributed by atoms with Crippen LogP contribution in [0, 0.1) is 0 Å². The van der Waals surface area contributed by atoms with Crippen molar-refractivity contribution in [1.29, 1.82) is 0 Å². The molecule has 0 aliphatic carbocycles. The summed E-state index contributed by atoms with van der Waals surface area (Å²) in [5.74, 6) is -4.59. The van der Waals surface area contributed by atoms with Crippen molar-refractivity contribution < 1.29 is 34.2 Å². The third-order valence-electron chi connectivity index (χ3n) is 7.54. The fraction of sp³-hybridized carbons (Fsp3) is 0.323. The second kappa shape index (κ2) is 14.5. The van der Waals surface area contributed by atoms with Crippen LogP contribution in [0.25, 0.3) is 21.8 Å². The Morgan fingerprint density at radius 2 is 1.29 bits per heavy atom. The van der Waals surface area contributed by atoms with Gasteiger partial charge in [0.1, 0.15) is 12.1 Å². The molecule has 14 heteroatoms. The summed E-state index contributed by atoms with van der Waals surface area (Å²) in [4.78, 5) is 69.5. The number of nitrogens with two attached hydrogens (primary N) is 2. The lowest BCUT2D eigenvalue weighted by atomic mass is 10.0. The number of aromatic amines is 2. The number of aliphatic hydroxyl groups is 1. The van der Waals surface area contributed by atoms with E-state index in [9.17, 15) is 34.2 Å². The highest BCUT2D eigenvalue weighted by Crippen LogP contribution is 2.21. The summed E-state index contributed by atoms with van der Waals surface area (Å²) in [7, 11) is 0. The molecule has 0 saturated heterocycles. The number of aromatic nitrogens is 2. The predicted molar refractivity (Wildman–Crippen MR) is 166 cm³/mol. The first-order valence-electron chi connectivity index (χ1n) is 14.4. The van der Waals surface area contributed by atoms with E-state index in [-0.39, 0.29) is 25.7 Å². The first kappa shape index (κ1) is 32.7. The Labute approximate surface area is 257 Å². The predicted octanol–water partition coefficient (Wildman–Crippen LogP) is -0.0530. The van der Waals surface area contributed by atoms with E-state index < -0.39 is 59.9 Å². The van der Waals surface area contributed by atoms with E-state index in [1.54, 1.807) is 12.4 Å². The van der Waals surface area contributed by atoms with E-state index in [1.165, 1.54) is 6.92 Å². The number of carbonyl (C=O) groups excluding carboxylic acids is 4. The van der Waals surface area contributed by atoms with Crippen LogP contribution in [0.1, 0.15) is 30.9 Å². The lowest BCUT2D eigenvalue weighted by Gasteiger charge is -2.25. The summed E-state index contributed by atoms with van der Waals surface area (Å²) in [6, 6.07) is 9.61. The van der Waals surface area contributed by atoms with Crippen molar-refractivity contribution in [1.82, 2.24) is 25.9 Å². The Hall–Kier alpha value is -5.21. The zero-order chi connectivity index (χ0) is 32.7. The Morgan fingerprint density at radius 3 is 1.82 bits per heavy atom. The average Bonchev–Trinajstić information content (AvgIpc) is 3.60. The van der Waals surface area contributed by atoms with Gasteiger partial charge in [-0.2, -0.15) is 0 Å². The summed E-state index contributed by atoms with van der Waals surface area (Å²) in [6.45, 7) is 1.18. The van der Waals surface area contributed by atoms with Crippen LogP contribution in [0.5, 0.6) is 0 Å². The number of primary amides is 1. The molecule has 5 unspecified atom stereocenters. The number of aliphatic hydroxyl groups excluding tert-OH is 1. The molecule has 11 N–H and O–H groups in total. The molecule has 5 atom stereocenters. The number of nitrogens with one attached hydrogen (secondary N) is 5. The van der Waals surface area contributed by atoms with Crippen molar-refractivity contribution in [3.63, 3.8) is 0 Å². The molecule has 14 nitrogen and oxygen atoms in total. The minimum Gasteiger partial charge on any atom is -0.480 e. The van der Waals surface area contributed by atoms with Crippen LogP contribution < -0.4 is 27.4 Å². The third-order valence-corrected chi connectivity index (χ3v) is 7.54. The monoisotopic (exact) mass is 619 g/mol. The van der Waals surface area contributed by atoms with Gasteiger partial charge in [0.2, 0.25) is 23.6 Å². The minimum absolute atomic E-state index is 0.0109. The van der Waals surface area contributed by atoms with Crippen LogP contribution in [0.15, 0.2) is 60.9 Å². The van der Waals surface area contributed by atoms with Crippen LogP contribution in [0.3, 0.4) is 0 Å². The molecule has 0 saturated carbocycles. The van der Waals surface area contributed by atoms with Crippen molar-refractivity contribution >= 4 is 51.4 Å². The number of rotatable bonds is 15. The number of amides is 4. The fourth-order valence-electron chi connectivity index (χ4n) is 5.11. The summed E-state index contributed by atoms with van der Waals surface area (Å²) in [6.07, 6.45) is 1.65. The number of para-hydroxylation sites is 2. The van der Waals surface area contributed by atoms with Crippen molar-refractivity contribution in [2.45, 2.75) is 62.9 Å². The molecule has 0 fully saturated rings. The molecule has 0 spiro atoms. The molecular formula is C31H37N7O7. The van der Waals surface area contributed by atoms with Crippen LogP contribution in [0.4, 0.5) is 0 Å². The Bertz CT molecular complexity index is 1700. The molecule has 0 bridgehead atoms. The van der Waals surface area contributed by atoms with Gasteiger partial charge in [0.15, 0.2) is 6.04 Å². The molecule has 4 amide bonds. The molecule has 0 aliphatic rings. The number of H-pyrrole nitrogens is 2. The second-order valence-corrected chi connectivity index (χ2v) is 10.9. The van der Waals surface area contributed by atoms with Crippen molar-refractivity contribution in [2.75, 3.05) is 0 Å². The maximum Gasteiger partial charge on any atom is 0.328 e. The van der Waals surface area contributed by atoms with Gasteiger partial charge in [0.25, 0.3) is 0 Å². The summed E-state index contributed by atoms with van der Waals surface area (Å²) in [5.41, 5.74) is 14.8. The Morgan fingerprint density at radius 1 is 0.778 bits per heavy atom. The summed E-state index contributed by atoms with van der Waals surface area (Å²) < 4.78 is 0. The van der Waals surface area contributed by atoms with E-state index >= 15 is 0 Å². The SMILES string of the molecule is CC(O)C(NC(=O)C(CCC(N)=O)NC(=O)C(Cc1c[nH]c2ccccc12)NC(=O)C(N)Cc1c[nH]c2ccccc12)C(=O)O. The van der Waals surface area contributed by atoms with Crippen molar-refractivity contribution in [3.8, 4) is 0 Å². The number of carboxylic acid groups (broad SMARTS) is 1. The molecular weight excluding hydrogens is 582 g/mol. The first-order chi connectivity index (χ1) is 21.4. The number of fused-ring (bicyclic) bond motifs is 2. The van der Waals surface area contributed by atoms with E-state index in [0.29, 0.717) is 5.56 Å². The molecule has 2 heterocycles. The molecule has 4 aromatic rings. The number of carbonyl (C=O) groups is 5. The number of carboxylic acids is 1. The van der Waals surface area contributed by atoms with Gasteiger partial charge in [0, 0.05) is 47.0 Å². The smallest absolute Gasteiger partial charge is 0.328 e. The van der Waals surface area contributed by atoms with Crippen LogP contribution in [-0.4, -0.2) is 80.1 Å². The van der Waals surface area contributed by atoms with E-state index in [1.807, 2.05) is 48.5 Å². The molecule has 0 radical (unpaired) electrons. The highest BCUT2D eigenvalue weighted by Gasteiger charge is 2.32. The van der Waals surface area contributed by atoms with E-state index in [4.69, 9.17) is 11.5 Å². The highest BCUT2D eigenvalue weighted by atomic mass is 16.4. The quantitative estimate of drug-likeness (QED) is 0.0871. The van der Waals surface area contributed by atoms with Gasteiger partial charge in [0.05, 0.1) is 12.1 Å². The molecule has 45 heavy (non-hydrogen) atoms. The summed E-state index contributed by atoms with van der Waals surface area (Å²) >= 11 is 0. The molecule has 2 aromatic carbocycles. The van der Waals surface area contributed by atoms with Gasteiger partial charge < -0.3 is 47.6 Å². The molecule has 2 aromatic heterocycles. The third kappa shape index (κ3) is 8.25. The summed E-state index contributed by atoms with van der Waals surface area (Å²) in [5, 5.41) is 28.3. The first-order valence-corrected chi connectivity index (χ1v) is 14.4. The van der Waals surface area contributed by atoms with Crippen molar-refractivity contribution in [2.24, 2.45) is 11.5 Å². The Balaban J connectivity index is 1.57. The zero-order valence-electron chi connectivity index (χ0n) is 24.6. The topological polar surface area (TPSA) is 246 Å². The number of hydrogen-bond acceptors (Lipinski definition) is 7. The highest BCUT2D eigenvalue weighted by molar-refractivity contribution is 5.95. The van der Waals surface area contributed by atoms with Gasteiger partial charge >= 0.3 is 5.97 Å². The standard InChI is InChI=1S/C31H37N7O7/c1-16(39)27(31(44)45)38-29(42)24(10-11-26(33)40)36-30(43)25(13-18-15-35-23-9-5-3-7-20(18)23)37-28(41)21(32)12-17-14-34-22-8-4-2-6-19(17)22/h2-9,14-16,21,24-25,27,34-35,39H,10-13,32H2,1H3,(H2,33,40)(H,36,43)(H,37,41)(H,38,42)(H,44,45). The normalized spacial score (nSPS) is 14.6. The molecule has 238 valence electrons.